The summed E-state index contributed by atoms with van der Waals surface area (Å²) in [5, 5.41) is 3.05. The van der Waals surface area contributed by atoms with Gasteiger partial charge in [0.25, 0.3) is 0 Å². The van der Waals surface area contributed by atoms with E-state index in [0.29, 0.717) is 13.0 Å². The Labute approximate surface area is 135 Å². The van der Waals surface area contributed by atoms with Gasteiger partial charge in [0.15, 0.2) is 0 Å². The zero-order valence-electron chi connectivity index (χ0n) is 11.8. The minimum atomic E-state index is -0.861. The molecular formula is C16H19Cl2NO2. The summed E-state index contributed by atoms with van der Waals surface area (Å²) in [4.78, 5) is 12.1. The topological polar surface area (TPSA) is 38.3 Å². The third-order valence-corrected chi connectivity index (χ3v) is 5.41. The maximum absolute atomic E-state index is 12.1. The van der Waals surface area contributed by atoms with Crippen LogP contribution in [0.2, 0.25) is 0 Å². The van der Waals surface area contributed by atoms with Crippen molar-refractivity contribution in [3.8, 4) is 0 Å². The summed E-state index contributed by atoms with van der Waals surface area (Å²) >= 11 is 11.9. The summed E-state index contributed by atoms with van der Waals surface area (Å²) in [7, 11) is 0. The number of nitrogens with one attached hydrogen (secondary N) is 1. The number of hydrogen-bond donors (Lipinski definition) is 1. The minimum absolute atomic E-state index is 0.0400. The van der Waals surface area contributed by atoms with Crippen molar-refractivity contribution in [2.45, 2.75) is 29.0 Å². The molecule has 1 aliphatic carbocycles. The van der Waals surface area contributed by atoms with Crippen LogP contribution in [0.5, 0.6) is 0 Å². The third-order valence-electron chi connectivity index (χ3n) is 4.58. The number of ether oxygens (including phenoxy) is 1. The van der Waals surface area contributed by atoms with Gasteiger partial charge in [-0.1, -0.05) is 30.3 Å². The lowest BCUT2D eigenvalue weighted by Crippen LogP contribution is -2.45. The van der Waals surface area contributed by atoms with E-state index in [4.69, 9.17) is 27.9 Å². The molecule has 1 heterocycles. The van der Waals surface area contributed by atoms with E-state index in [1.165, 1.54) is 5.56 Å². The Morgan fingerprint density at radius 3 is 2.43 bits per heavy atom. The smallest absolute Gasteiger partial charge is 0.226 e. The highest BCUT2D eigenvalue weighted by Crippen LogP contribution is 2.53. The highest BCUT2D eigenvalue weighted by molar-refractivity contribution is 6.52. The highest BCUT2D eigenvalue weighted by Gasteiger charge is 2.56. The normalized spacial score (nSPS) is 26.1. The molecule has 1 aromatic rings. The number of carbonyl (C=O) groups excluding carboxylic acids is 1. The maximum atomic E-state index is 12.1. The standard InChI is InChI=1S/C16H19Cl2NO2/c17-16(18)10-13(16)14(20)19-11-15(6-8-21-9-7-15)12-4-2-1-3-5-12/h1-5,13H,6-11H2,(H,19,20). The second kappa shape index (κ2) is 5.79. The molecule has 1 amide bonds. The lowest BCUT2D eigenvalue weighted by atomic mass is 9.74. The zero-order valence-corrected chi connectivity index (χ0v) is 13.3. The Morgan fingerprint density at radius 2 is 1.86 bits per heavy atom. The van der Waals surface area contributed by atoms with Crippen LogP contribution < -0.4 is 5.32 Å². The van der Waals surface area contributed by atoms with E-state index in [1.807, 2.05) is 18.2 Å². The molecule has 1 atom stereocenters. The van der Waals surface area contributed by atoms with Gasteiger partial charge in [-0.05, 0) is 24.8 Å². The lowest BCUT2D eigenvalue weighted by molar-refractivity contribution is -0.122. The van der Waals surface area contributed by atoms with Crippen molar-refractivity contribution in [1.82, 2.24) is 5.32 Å². The van der Waals surface area contributed by atoms with Crippen molar-refractivity contribution in [3.63, 3.8) is 0 Å². The van der Waals surface area contributed by atoms with Crippen molar-refractivity contribution < 1.29 is 9.53 Å². The zero-order chi connectivity index (χ0) is 14.9. The summed E-state index contributed by atoms with van der Waals surface area (Å²) in [6.45, 7) is 2.06. The van der Waals surface area contributed by atoms with E-state index >= 15 is 0 Å². The molecule has 1 saturated carbocycles. The predicted octanol–water partition coefficient (Wildman–Crippen LogP) is 3.04. The van der Waals surface area contributed by atoms with Gasteiger partial charge in [-0.2, -0.15) is 0 Å². The van der Waals surface area contributed by atoms with Crippen LogP contribution in [0.4, 0.5) is 0 Å². The Hall–Kier alpha value is -0.770. The van der Waals surface area contributed by atoms with Crippen LogP contribution in [0, 0.1) is 5.92 Å². The van der Waals surface area contributed by atoms with Gasteiger partial charge in [-0.25, -0.2) is 0 Å². The van der Waals surface area contributed by atoms with Crippen molar-refractivity contribution in [3.05, 3.63) is 35.9 Å². The molecule has 1 aliphatic heterocycles. The van der Waals surface area contributed by atoms with E-state index in [1.54, 1.807) is 0 Å². The van der Waals surface area contributed by atoms with E-state index in [0.717, 1.165) is 26.1 Å². The average Bonchev–Trinajstić information content (AvgIpc) is 3.16. The van der Waals surface area contributed by atoms with Crippen molar-refractivity contribution >= 4 is 29.1 Å². The fourth-order valence-electron chi connectivity index (χ4n) is 3.00. The molecule has 2 fully saturated rings. The SMILES string of the molecule is O=C(NCC1(c2ccccc2)CCOCC1)C1CC1(Cl)Cl. The second-order valence-electron chi connectivity index (χ2n) is 5.99. The summed E-state index contributed by atoms with van der Waals surface area (Å²) in [6, 6.07) is 10.3. The molecular weight excluding hydrogens is 309 g/mol. The molecule has 5 heteroatoms. The Morgan fingerprint density at radius 1 is 1.24 bits per heavy atom. The molecule has 21 heavy (non-hydrogen) atoms. The number of alkyl halides is 2. The van der Waals surface area contributed by atoms with Crippen LogP contribution in [-0.2, 0) is 14.9 Å². The van der Waals surface area contributed by atoms with Gasteiger partial charge in [0.2, 0.25) is 5.91 Å². The van der Waals surface area contributed by atoms with Crippen molar-refractivity contribution in [2.75, 3.05) is 19.8 Å². The number of amides is 1. The van der Waals surface area contributed by atoms with Gasteiger partial charge in [-0.15, -0.1) is 23.2 Å². The first kappa shape index (κ1) is 15.1. The lowest BCUT2D eigenvalue weighted by Gasteiger charge is -2.38. The average molecular weight is 328 g/mol. The molecule has 2 aliphatic rings. The molecule has 1 aromatic carbocycles. The molecule has 1 N–H and O–H groups in total. The van der Waals surface area contributed by atoms with E-state index in [9.17, 15) is 4.79 Å². The van der Waals surface area contributed by atoms with Gasteiger partial charge < -0.3 is 10.1 Å². The fraction of sp³-hybridized carbons (Fsp3) is 0.562. The summed E-state index contributed by atoms with van der Waals surface area (Å²) in [6.07, 6.45) is 2.37. The molecule has 3 rings (SSSR count). The maximum Gasteiger partial charge on any atom is 0.226 e. The number of benzene rings is 1. The first-order chi connectivity index (χ1) is 10.0. The second-order valence-corrected chi connectivity index (χ2v) is 7.54. The number of hydrogen-bond acceptors (Lipinski definition) is 2. The quantitative estimate of drug-likeness (QED) is 0.863. The third kappa shape index (κ3) is 3.20. The van der Waals surface area contributed by atoms with E-state index in [2.05, 4.69) is 17.4 Å². The van der Waals surface area contributed by atoms with Crippen LogP contribution in [0.15, 0.2) is 30.3 Å². The Kier molecular flexibility index (Phi) is 4.17. The summed E-state index contributed by atoms with van der Waals surface area (Å²) in [5.41, 5.74) is 1.21. The van der Waals surface area contributed by atoms with Crippen molar-refractivity contribution in [1.29, 1.82) is 0 Å². The molecule has 0 spiro atoms. The molecule has 1 unspecified atom stereocenters. The monoisotopic (exact) mass is 327 g/mol. The van der Waals surface area contributed by atoms with Gasteiger partial charge in [0, 0.05) is 25.2 Å². The van der Waals surface area contributed by atoms with Gasteiger partial charge in [0.05, 0.1) is 5.92 Å². The number of rotatable bonds is 4. The molecule has 1 saturated heterocycles. The van der Waals surface area contributed by atoms with Gasteiger partial charge in [0.1, 0.15) is 4.33 Å². The minimum Gasteiger partial charge on any atom is -0.381 e. The molecule has 3 nitrogen and oxygen atoms in total. The molecule has 114 valence electrons. The summed E-state index contributed by atoms with van der Waals surface area (Å²) < 4.78 is 4.63. The van der Waals surface area contributed by atoms with Crippen LogP contribution >= 0.6 is 23.2 Å². The first-order valence-corrected chi connectivity index (χ1v) is 8.08. The number of carbonyl (C=O) groups is 1. The number of halogens is 2. The van der Waals surface area contributed by atoms with Crippen LogP contribution in [0.25, 0.3) is 0 Å². The van der Waals surface area contributed by atoms with Crippen LogP contribution in [-0.4, -0.2) is 30.0 Å². The Bertz CT molecular complexity index is 512. The van der Waals surface area contributed by atoms with Crippen LogP contribution in [0.1, 0.15) is 24.8 Å². The fourth-order valence-corrected chi connectivity index (χ4v) is 3.51. The first-order valence-electron chi connectivity index (χ1n) is 7.32. The van der Waals surface area contributed by atoms with E-state index < -0.39 is 4.33 Å². The van der Waals surface area contributed by atoms with Crippen LogP contribution in [0.3, 0.4) is 0 Å². The molecule has 0 aromatic heterocycles. The van der Waals surface area contributed by atoms with E-state index in [-0.39, 0.29) is 17.2 Å². The molecule has 0 bridgehead atoms. The largest absolute Gasteiger partial charge is 0.381 e. The predicted molar refractivity (Wildman–Crippen MR) is 83.7 cm³/mol. The van der Waals surface area contributed by atoms with Gasteiger partial charge >= 0.3 is 0 Å². The highest BCUT2D eigenvalue weighted by atomic mass is 35.5. The van der Waals surface area contributed by atoms with Gasteiger partial charge in [-0.3, -0.25) is 4.79 Å². The molecule has 0 radical (unpaired) electrons. The summed E-state index contributed by atoms with van der Waals surface area (Å²) in [5.74, 6) is -0.310. The van der Waals surface area contributed by atoms with Crippen molar-refractivity contribution in [2.24, 2.45) is 5.92 Å². The Balaban J connectivity index is 1.70.